The van der Waals surface area contributed by atoms with Crippen LogP contribution in [0.4, 0.5) is 5.69 Å². The van der Waals surface area contributed by atoms with Crippen molar-refractivity contribution < 1.29 is 9.21 Å². The molecule has 5 heteroatoms. The molecule has 90 valence electrons. The highest BCUT2D eigenvalue weighted by atomic mass is 16.3. The first-order chi connectivity index (χ1) is 8.04. The van der Waals surface area contributed by atoms with E-state index < -0.39 is 0 Å². The van der Waals surface area contributed by atoms with Gasteiger partial charge in [-0.05, 0) is 19.1 Å². The zero-order chi connectivity index (χ0) is 12.4. The van der Waals surface area contributed by atoms with Crippen LogP contribution < -0.4 is 11.1 Å². The summed E-state index contributed by atoms with van der Waals surface area (Å²) in [5.41, 5.74) is 7.70. The summed E-state index contributed by atoms with van der Waals surface area (Å²) in [5, 5.41) is 2.77. The van der Waals surface area contributed by atoms with E-state index in [1.54, 1.807) is 26.0 Å². The second kappa shape index (κ2) is 4.55. The van der Waals surface area contributed by atoms with E-state index in [2.05, 4.69) is 10.3 Å². The summed E-state index contributed by atoms with van der Waals surface area (Å²) in [6.07, 6.45) is 0.299. The number of nitrogens with one attached hydrogen (secondary N) is 1. The third-order valence-electron chi connectivity index (χ3n) is 2.29. The number of carbonyl (C=O) groups excluding carboxylic acids is 1. The van der Waals surface area contributed by atoms with E-state index in [4.69, 9.17) is 10.2 Å². The lowest BCUT2D eigenvalue weighted by molar-refractivity contribution is -0.116. The van der Waals surface area contributed by atoms with E-state index in [-0.39, 0.29) is 11.9 Å². The predicted molar refractivity (Wildman–Crippen MR) is 65.6 cm³/mol. The van der Waals surface area contributed by atoms with Gasteiger partial charge in [0.05, 0.1) is 0 Å². The van der Waals surface area contributed by atoms with Crippen molar-refractivity contribution in [2.24, 2.45) is 5.73 Å². The third kappa shape index (κ3) is 2.82. The summed E-state index contributed by atoms with van der Waals surface area (Å²) in [6, 6.07) is 5.22. The number of nitrogens with two attached hydrogens (primary N) is 1. The first-order valence-corrected chi connectivity index (χ1v) is 5.47. The van der Waals surface area contributed by atoms with Crippen molar-refractivity contribution in [3.63, 3.8) is 0 Å². The number of amides is 1. The van der Waals surface area contributed by atoms with Crippen LogP contribution in [0.2, 0.25) is 0 Å². The minimum Gasteiger partial charge on any atom is -0.441 e. The molecule has 1 aromatic carbocycles. The van der Waals surface area contributed by atoms with Crippen LogP contribution in [0.25, 0.3) is 11.1 Å². The molecule has 0 aliphatic carbocycles. The number of oxazole rings is 1. The van der Waals surface area contributed by atoms with Gasteiger partial charge >= 0.3 is 0 Å². The van der Waals surface area contributed by atoms with Crippen LogP contribution >= 0.6 is 0 Å². The maximum Gasteiger partial charge on any atom is 0.225 e. The fourth-order valence-electron chi connectivity index (χ4n) is 1.62. The number of hydrogen-bond donors (Lipinski definition) is 2. The van der Waals surface area contributed by atoms with Gasteiger partial charge in [-0.2, -0.15) is 0 Å². The van der Waals surface area contributed by atoms with Crippen molar-refractivity contribution in [1.29, 1.82) is 0 Å². The number of hydrogen-bond acceptors (Lipinski definition) is 4. The zero-order valence-corrected chi connectivity index (χ0v) is 9.86. The molecule has 17 heavy (non-hydrogen) atoms. The Morgan fingerprint density at radius 2 is 2.35 bits per heavy atom. The molecule has 2 rings (SSSR count). The number of fused-ring (bicyclic) bond motifs is 1. The minimum absolute atomic E-state index is 0.101. The quantitative estimate of drug-likeness (QED) is 0.847. The van der Waals surface area contributed by atoms with Gasteiger partial charge in [0.25, 0.3) is 0 Å². The molecule has 0 aliphatic rings. The lowest BCUT2D eigenvalue weighted by Crippen LogP contribution is -2.23. The lowest BCUT2D eigenvalue weighted by Gasteiger charge is -2.06. The van der Waals surface area contributed by atoms with Crippen LogP contribution in [-0.4, -0.2) is 16.9 Å². The average Bonchev–Trinajstić information content (AvgIpc) is 2.55. The Bertz CT molecular complexity index is 546. The monoisotopic (exact) mass is 233 g/mol. The third-order valence-corrected chi connectivity index (χ3v) is 2.29. The Morgan fingerprint density at radius 3 is 3.06 bits per heavy atom. The lowest BCUT2D eigenvalue weighted by atomic mass is 10.2. The number of anilines is 1. The SMILES string of the molecule is Cc1nc2ccc(NC(=O)CC(C)N)cc2o1. The second-order valence-corrected chi connectivity index (χ2v) is 4.14. The number of benzene rings is 1. The molecule has 0 spiro atoms. The Labute approximate surface area is 99.0 Å². The maximum atomic E-state index is 11.5. The molecular formula is C12H15N3O2. The van der Waals surface area contributed by atoms with Crippen molar-refractivity contribution >= 4 is 22.7 Å². The summed E-state index contributed by atoms with van der Waals surface area (Å²) in [6.45, 7) is 3.58. The van der Waals surface area contributed by atoms with Crippen molar-refractivity contribution in [2.45, 2.75) is 26.3 Å². The van der Waals surface area contributed by atoms with E-state index in [9.17, 15) is 4.79 Å². The number of aryl methyl sites for hydroxylation is 1. The van der Waals surface area contributed by atoms with E-state index in [0.29, 0.717) is 23.6 Å². The summed E-state index contributed by atoms with van der Waals surface area (Å²) in [7, 11) is 0. The standard InChI is InChI=1S/C12H15N3O2/c1-7(13)5-12(16)15-9-3-4-10-11(6-9)17-8(2)14-10/h3-4,6-7H,5,13H2,1-2H3,(H,15,16). The van der Waals surface area contributed by atoms with Crippen LogP contribution in [0, 0.1) is 6.92 Å². The molecule has 1 aromatic heterocycles. The molecule has 0 fully saturated rings. The topological polar surface area (TPSA) is 81.2 Å². The number of aromatic nitrogens is 1. The van der Waals surface area contributed by atoms with E-state index >= 15 is 0 Å². The second-order valence-electron chi connectivity index (χ2n) is 4.14. The highest BCUT2D eigenvalue weighted by molar-refractivity contribution is 5.93. The Balaban J connectivity index is 2.16. The smallest absolute Gasteiger partial charge is 0.225 e. The molecule has 1 atom stereocenters. The minimum atomic E-state index is -0.147. The Kier molecular flexibility index (Phi) is 3.10. The van der Waals surface area contributed by atoms with Crippen LogP contribution in [0.3, 0.4) is 0 Å². The number of nitrogens with zero attached hydrogens (tertiary/aromatic N) is 1. The van der Waals surface area contributed by atoms with Gasteiger partial charge in [-0.3, -0.25) is 4.79 Å². The normalized spacial score (nSPS) is 12.6. The van der Waals surface area contributed by atoms with Gasteiger partial charge in [0, 0.05) is 31.1 Å². The number of carbonyl (C=O) groups is 1. The fraction of sp³-hybridized carbons (Fsp3) is 0.333. The summed E-state index contributed by atoms with van der Waals surface area (Å²) in [5.74, 6) is 0.509. The summed E-state index contributed by atoms with van der Waals surface area (Å²) < 4.78 is 5.38. The molecule has 0 saturated carbocycles. The van der Waals surface area contributed by atoms with Crippen LogP contribution in [0.15, 0.2) is 22.6 Å². The molecule has 0 bridgehead atoms. The van der Waals surface area contributed by atoms with Gasteiger partial charge in [0.1, 0.15) is 5.52 Å². The largest absolute Gasteiger partial charge is 0.441 e. The zero-order valence-electron chi connectivity index (χ0n) is 9.86. The highest BCUT2D eigenvalue weighted by Gasteiger charge is 2.07. The summed E-state index contributed by atoms with van der Waals surface area (Å²) in [4.78, 5) is 15.7. The first-order valence-electron chi connectivity index (χ1n) is 5.47. The predicted octanol–water partition coefficient (Wildman–Crippen LogP) is 1.81. The molecule has 1 heterocycles. The van der Waals surface area contributed by atoms with Crippen molar-refractivity contribution in [1.82, 2.24) is 4.98 Å². The van der Waals surface area contributed by atoms with Gasteiger partial charge in [-0.1, -0.05) is 0 Å². The molecule has 2 aromatic rings. The van der Waals surface area contributed by atoms with Gasteiger partial charge < -0.3 is 15.5 Å². The maximum absolute atomic E-state index is 11.5. The van der Waals surface area contributed by atoms with Gasteiger partial charge in [-0.15, -0.1) is 0 Å². The van der Waals surface area contributed by atoms with Crippen LogP contribution in [0.1, 0.15) is 19.2 Å². The van der Waals surface area contributed by atoms with Crippen molar-refractivity contribution in [3.8, 4) is 0 Å². The molecule has 1 unspecified atom stereocenters. The van der Waals surface area contributed by atoms with Gasteiger partial charge in [0.2, 0.25) is 5.91 Å². The molecule has 1 amide bonds. The average molecular weight is 233 g/mol. The molecule has 0 radical (unpaired) electrons. The first kappa shape index (κ1) is 11.6. The highest BCUT2D eigenvalue weighted by Crippen LogP contribution is 2.19. The van der Waals surface area contributed by atoms with Crippen molar-refractivity contribution in [2.75, 3.05) is 5.32 Å². The number of rotatable bonds is 3. The molecule has 0 aliphatic heterocycles. The van der Waals surface area contributed by atoms with Gasteiger partial charge in [-0.25, -0.2) is 4.98 Å². The molecule has 0 saturated heterocycles. The van der Waals surface area contributed by atoms with E-state index in [1.165, 1.54) is 0 Å². The fourth-order valence-corrected chi connectivity index (χ4v) is 1.62. The Hall–Kier alpha value is -1.88. The van der Waals surface area contributed by atoms with Crippen LogP contribution in [-0.2, 0) is 4.79 Å². The van der Waals surface area contributed by atoms with E-state index in [0.717, 1.165) is 5.52 Å². The molecular weight excluding hydrogens is 218 g/mol. The Morgan fingerprint density at radius 1 is 1.59 bits per heavy atom. The molecule has 3 N–H and O–H groups in total. The molecule has 5 nitrogen and oxygen atoms in total. The van der Waals surface area contributed by atoms with Crippen molar-refractivity contribution in [3.05, 3.63) is 24.1 Å². The van der Waals surface area contributed by atoms with E-state index in [1.807, 2.05) is 6.07 Å². The summed E-state index contributed by atoms with van der Waals surface area (Å²) >= 11 is 0. The van der Waals surface area contributed by atoms with Gasteiger partial charge in [0.15, 0.2) is 11.5 Å². The van der Waals surface area contributed by atoms with Crippen LogP contribution in [0.5, 0.6) is 0 Å².